The molecule has 0 radical (unpaired) electrons. The van der Waals surface area contributed by atoms with E-state index in [4.69, 9.17) is 28.2 Å². The number of imidazole rings is 1. The Hall–Kier alpha value is -2.04. The van der Waals surface area contributed by atoms with Crippen molar-refractivity contribution in [2.75, 3.05) is 0 Å². The van der Waals surface area contributed by atoms with E-state index in [1.807, 2.05) is 49.4 Å². The van der Waals surface area contributed by atoms with E-state index in [1.54, 1.807) is 0 Å². The van der Waals surface area contributed by atoms with Gasteiger partial charge >= 0.3 is 0 Å². The molecule has 0 aliphatic rings. The number of carbonyl (C=O) groups excluding carboxylic acids is 1. The van der Waals surface area contributed by atoms with Crippen LogP contribution in [-0.4, -0.2) is 21.5 Å². The Labute approximate surface area is 169 Å². The van der Waals surface area contributed by atoms with E-state index in [-0.39, 0.29) is 11.9 Å². The van der Waals surface area contributed by atoms with Crippen molar-refractivity contribution in [1.82, 2.24) is 14.9 Å². The maximum Gasteiger partial charge on any atom is 0.221 e. The molecule has 4 nitrogen and oxygen atoms in total. The normalized spacial score (nSPS) is 12.3. The molecule has 1 amide bonds. The van der Waals surface area contributed by atoms with E-state index in [0.717, 1.165) is 28.8 Å². The molecule has 2 aromatic carbocycles. The summed E-state index contributed by atoms with van der Waals surface area (Å²) in [4.78, 5) is 17.0. The van der Waals surface area contributed by atoms with Crippen molar-refractivity contribution in [3.63, 3.8) is 0 Å². The van der Waals surface area contributed by atoms with Crippen LogP contribution in [0.1, 0.15) is 38.1 Å². The number of amides is 1. The van der Waals surface area contributed by atoms with Gasteiger partial charge in [0.25, 0.3) is 0 Å². The lowest BCUT2D eigenvalue weighted by atomic mass is 10.1. The number of fused-ring (bicyclic) bond motifs is 1. The lowest BCUT2D eigenvalue weighted by Gasteiger charge is -2.13. The number of nitrogens with zero attached hydrogens (tertiary/aromatic N) is 2. The topological polar surface area (TPSA) is 46.9 Å². The number of benzene rings is 2. The predicted octanol–water partition coefficient (Wildman–Crippen LogP) is 5.24. The largest absolute Gasteiger partial charge is 0.354 e. The fourth-order valence-corrected chi connectivity index (χ4v) is 3.56. The lowest BCUT2D eigenvalue weighted by molar-refractivity contribution is -0.121. The van der Waals surface area contributed by atoms with E-state index in [0.29, 0.717) is 29.4 Å². The average Bonchev–Trinajstić information content (AvgIpc) is 3.00. The van der Waals surface area contributed by atoms with Gasteiger partial charge in [0.15, 0.2) is 0 Å². The second-order valence-electron chi connectivity index (χ2n) is 6.67. The molecule has 1 atom stereocenters. The number of hydrogen-bond donors (Lipinski definition) is 1. The van der Waals surface area contributed by atoms with Crippen molar-refractivity contribution in [3.8, 4) is 0 Å². The summed E-state index contributed by atoms with van der Waals surface area (Å²) in [5.41, 5.74) is 2.76. The zero-order valence-corrected chi connectivity index (χ0v) is 17.0. The molecular weight excluding hydrogens is 381 g/mol. The summed E-state index contributed by atoms with van der Waals surface area (Å²) in [6, 6.07) is 13.6. The fraction of sp³-hybridized carbons (Fsp3) is 0.333. The van der Waals surface area contributed by atoms with Gasteiger partial charge in [-0.05, 0) is 43.2 Å². The third-order valence-electron chi connectivity index (χ3n) is 4.71. The van der Waals surface area contributed by atoms with Crippen LogP contribution in [0.5, 0.6) is 0 Å². The third kappa shape index (κ3) is 4.63. The molecule has 0 bridgehead atoms. The molecule has 1 N–H and O–H groups in total. The highest BCUT2D eigenvalue weighted by atomic mass is 35.5. The van der Waals surface area contributed by atoms with Gasteiger partial charge in [0, 0.05) is 35.5 Å². The summed E-state index contributed by atoms with van der Waals surface area (Å²) in [5.74, 6) is 0.895. The number of halogens is 2. The lowest BCUT2D eigenvalue weighted by Crippen LogP contribution is -2.32. The van der Waals surface area contributed by atoms with Gasteiger partial charge in [-0.1, -0.05) is 48.3 Å². The van der Waals surface area contributed by atoms with Crippen LogP contribution in [0.25, 0.3) is 11.0 Å². The minimum absolute atomic E-state index is 0.0452. The second kappa shape index (κ2) is 8.77. The SMILES string of the molecule is CC[C@@H](C)NC(=O)CCn1c(Cc2c(Cl)cccc2Cl)nc2ccccc21. The van der Waals surface area contributed by atoms with E-state index >= 15 is 0 Å². The van der Waals surface area contributed by atoms with Crippen molar-refractivity contribution >= 4 is 40.1 Å². The van der Waals surface area contributed by atoms with E-state index in [2.05, 4.69) is 16.8 Å². The number of para-hydroxylation sites is 2. The molecule has 27 heavy (non-hydrogen) atoms. The highest BCUT2D eigenvalue weighted by Gasteiger charge is 2.15. The number of nitrogens with one attached hydrogen (secondary N) is 1. The molecule has 1 aromatic heterocycles. The van der Waals surface area contributed by atoms with Crippen LogP contribution in [0.4, 0.5) is 0 Å². The van der Waals surface area contributed by atoms with Crippen LogP contribution in [0.2, 0.25) is 10.0 Å². The Morgan fingerprint density at radius 2 is 1.85 bits per heavy atom. The number of aromatic nitrogens is 2. The molecule has 0 aliphatic carbocycles. The molecule has 0 aliphatic heterocycles. The molecule has 6 heteroatoms. The molecule has 3 rings (SSSR count). The van der Waals surface area contributed by atoms with Gasteiger partial charge in [-0.15, -0.1) is 0 Å². The van der Waals surface area contributed by atoms with Gasteiger partial charge < -0.3 is 9.88 Å². The molecule has 0 spiro atoms. The van der Waals surface area contributed by atoms with Crippen LogP contribution < -0.4 is 5.32 Å². The molecule has 3 aromatic rings. The minimum Gasteiger partial charge on any atom is -0.354 e. The zero-order chi connectivity index (χ0) is 19.4. The molecule has 142 valence electrons. The predicted molar refractivity (Wildman–Crippen MR) is 112 cm³/mol. The minimum atomic E-state index is 0.0452. The highest BCUT2D eigenvalue weighted by Crippen LogP contribution is 2.28. The molecule has 0 fully saturated rings. The summed E-state index contributed by atoms with van der Waals surface area (Å²) < 4.78 is 2.09. The number of hydrogen-bond acceptors (Lipinski definition) is 2. The number of aryl methyl sites for hydroxylation is 1. The Morgan fingerprint density at radius 3 is 2.56 bits per heavy atom. The van der Waals surface area contributed by atoms with E-state index in [1.165, 1.54) is 0 Å². The second-order valence-corrected chi connectivity index (χ2v) is 7.49. The molecule has 0 saturated carbocycles. The van der Waals surface area contributed by atoms with Gasteiger partial charge in [0.1, 0.15) is 5.82 Å². The quantitative estimate of drug-likeness (QED) is 0.586. The zero-order valence-electron chi connectivity index (χ0n) is 15.5. The first-order chi connectivity index (χ1) is 13.0. The molecular formula is C21H23Cl2N3O. The Balaban J connectivity index is 1.89. The van der Waals surface area contributed by atoms with Crippen molar-refractivity contribution in [1.29, 1.82) is 0 Å². The highest BCUT2D eigenvalue weighted by molar-refractivity contribution is 6.36. The number of carbonyl (C=O) groups is 1. The molecule has 0 unspecified atom stereocenters. The summed E-state index contributed by atoms with van der Waals surface area (Å²) in [6.45, 7) is 4.62. The van der Waals surface area contributed by atoms with Gasteiger partial charge in [0.2, 0.25) is 5.91 Å². The Morgan fingerprint density at radius 1 is 1.15 bits per heavy atom. The summed E-state index contributed by atoms with van der Waals surface area (Å²) in [5, 5.41) is 4.25. The first-order valence-electron chi connectivity index (χ1n) is 9.16. The van der Waals surface area contributed by atoms with Crippen molar-refractivity contribution in [3.05, 3.63) is 63.9 Å². The smallest absolute Gasteiger partial charge is 0.221 e. The van der Waals surface area contributed by atoms with Crippen LogP contribution in [0.15, 0.2) is 42.5 Å². The average molecular weight is 404 g/mol. The van der Waals surface area contributed by atoms with Gasteiger partial charge in [0.05, 0.1) is 11.0 Å². The van der Waals surface area contributed by atoms with Crippen LogP contribution in [-0.2, 0) is 17.8 Å². The monoisotopic (exact) mass is 403 g/mol. The van der Waals surface area contributed by atoms with Crippen LogP contribution >= 0.6 is 23.2 Å². The van der Waals surface area contributed by atoms with E-state index < -0.39 is 0 Å². The summed E-state index contributed by atoms with van der Waals surface area (Å²) in [7, 11) is 0. The van der Waals surface area contributed by atoms with Crippen molar-refractivity contribution in [2.45, 2.75) is 45.7 Å². The van der Waals surface area contributed by atoms with Crippen LogP contribution in [0, 0.1) is 0 Å². The summed E-state index contributed by atoms with van der Waals surface area (Å²) >= 11 is 12.7. The maximum absolute atomic E-state index is 12.2. The molecule has 0 saturated heterocycles. The molecule has 1 heterocycles. The van der Waals surface area contributed by atoms with Crippen LogP contribution in [0.3, 0.4) is 0 Å². The van der Waals surface area contributed by atoms with Crippen molar-refractivity contribution < 1.29 is 4.79 Å². The maximum atomic E-state index is 12.2. The first-order valence-corrected chi connectivity index (χ1v) is 9.91. The van der Waals surface area contributed by atoms with Gasteiger partial charge in [-0.2, -0.15) is 0 Å². The summed E-state index contributed by atoms with van der Waals surface area (Å²) in [6.07, 6.45) is 1.82. The van der Waals surface area contributed by atoms with Crippen molar-refractivity contribution in [2.24, 2.45) is 0 Å². The third-order valence-corrected chi connectivity index (χ3v) is 5.42. The van der Waals surface area contributed by atoms with E-state index in [9.17, 15) is 4.79 Å². The fourth-order valence-electron chi connectivity index (χ4n) is 3.03. The van der Waals surface area contributed by atoms with Gasteiger partial charge in [-0.25, -0.2) is 4.98 Å². The van der Waals surface area contributed by atoms with Gasteiger partial charge in [-0.3, -0.25) is 4.79 Å². The Bertz CT molecular complexity index is 931. The standard InChI is InChI=1S/C21H23Cl2N3O/c1-3-14(2)24-21(27)11-12-26-19-10-5-4-9-18(19)25-20(26)13-15-16(22)7-6-8-17(15)23/h4-10,14H,3,11-13H2,1-2H3,(H,24,27)/t14-/m1/s1. The Kier molecular flexibility index (Phi) is 6.40. The number of rotatable bonds is 7. The first kappa shape index (κ1) is 19.7.